The average molecular weight is 980 g/mol. The number of fused-ring (bicyclic) bond motifs is 1. The van der Waals surface area contributed by atoms with Gasteiger partial charge in [-0.15, -0.1) is 29.3 Å². The van der Waals surface area contributed by atoms with E-state index in [0.29, 0.717) is 17.3 Å². The summed E-state index contributed by atoms with van der Waals surface area (Å²) in [5, 5.41) is 11.4. The molecule has 8 aromatic rings. The van der Waals surface area contributed by atoms with Crippen molar-refractivity contribution in [3.63, 3.8) is 0 Å². The number of aromatic hydroxyl groups is 1. The maximum atomic E-state index is 11.4. The molecule has 5 heteroatoms. The Morgan fingerprint density at radius 1 is 0.590 bits per heavy atom. The maximum absolute atomic E-state index is 11.4. The summed E-state index contributed by atoms with van der Waals surface area (Å²) in [5.41, 5.74) is 15.5. The molecule has 0 bridgehead atoms. The van der Waals surface area contributed by atoms with E-state index in [-0.39, 0.29) is 37.6 Å². The van der Waals surface area contributed by atoms with Gasteiger partial charge in [-0.1, -0.05) is 163 Å². The van der Waals surface area contributed by atoms with Crippen LogP contribution in [0.2, 0.25) is 0 Å². The zero-order valence-corrected chi connectivity index (χ0v) is 38.3. The largest absolute Gasteiger partial charge is 0.507 e. The Labute approximate surface area is 376 Å². The molecule has 0 saturated heterocycles. The fourth-order valence-corrected chi connectivity index (χ4v) is 8.88. The third kappa shape index (κ3) is 8.53. The molecule has 4 nitrogen and oxygen atoms in total. The molecule has 0 aliphatic heterocycles. The van der Waals surface area contributed by atoms with Crippen LogP contribution >= 0.6 is 0 Å². The zero-order chi connectivity index (χ0) is 41.6. The summed E-state index contributed by atoms with van der Waals surface area (Å²) in [7, 11) is 0. The Kier molecular flexibility index (Phi) is 11.8. The molecule has 1 aliphatic carbocycles. The molecule has 0 radical (unpaired) electrons. The molecular formula is C56H54N3OPt-. The fourth-order valence-electron chi connectivity index (χ4n) is 8.88. The van der Waals surface area contributed by atoms with Gasteiger partial charge in [-0.25, -0.2) is 4.98 Å². The Hall–Kier alpha value is -5.57. The van der Waals surface area contributed by atoms with Gasteiger partial charge >= 0.3 is 0 Å². The van der Waals surface area contributed by atoms with E-state index in [2.05, 4.69) is 167 Å². The van der Waals surface area contributed by atoms with Gasteiger partial charge in [0.2, 0.25) is 0 Å². The molecule has 310 valence electrons. The average Bonchev–Trinajstić information content (AvgIpc) is 3.66. The Bertz CT molecular complexity index is 2820. The number of pyridine rings is 1. The molecule has 0 spiro atoms. The van der Waals surface area contributed by atoms with E-state index in [4.69, 9.17) is 9.97 Å². The number of phenolic OH excluding ortho intramolecular Hbond substituents is 1. The van der Waals surface area contributed by atoms with Crippen LogP contribution in [0.15, 0.2) is 146 Å². The molecule has 1 N–H and O–H groups in total. The first-order valence-electron chi connectivity index (χ1n) is 21.6. The van der Waals surface area contributed by atoms with Gasteiger partial charge in [-0.05, 0) is 93.8 Å². The second-order valence-electron chi connectivity index (χ2n) is 18.6. The first-order chi connectivity index (χ1) is 28.9. The van der Waals surface area contributed by atoms with Crippen molar-refractivity contribution in [1.29, 1.82) is 0 Å². The van der Waals surface area contributed by atoms with Gasteiger partial charge in [0.15, 0.2) is 0 Å². The molecule has 6 aromatic carbocycles. The van der Waals surface area contributed by atoms with Crippen LogP contribution in [0.5, 0.6) is 5.75 Å². The van der Waals surface area contributed by atoms with Crippen molar-refractivity contribution in [3.8, 4) is 67.5 Å². The normalized spacial score (nSPS) is 13.6. The molecule has 2 aromatic heterocycles. The molecule has 61 heavy (non-hydrogen) atoms. The van der Waals surface area contributed by atoms with Crippen LogP contribution in [-0.4, -0.2) is 19.6 Å². The first-order valence-corrected chi connectivity index (χ1v) is 21.6. The molecule has 1 aliphatic rings. The van der Waals surface area contributed by atoms with Crippen molar-refractivity contribution in [2.75, 3.05) is 0 Å². The number of hydrogen-bond donors (Lipinski definition) is 1. The first kappa shape index (κ1) is 42.1. The number of imidazole rings is 1. The zero-order valence-electron chi connectivity index (χ0n) is 36.1. The van der Waals surface area contributed by atoms with E-state index in [1.54, 1.807) is 6.07 Å². The van der Waals surface area contributed by atoms with E-state index in [9.17, 15) is 5.11 Å². The summed E-state index contributed by atoms with van der Waals surface area (Å²) >= 11 is 0. The summed E-state index contributed by atoms with van der Waals surface area (Å²) in [4.78, 5) is 10.4. The monoisotopic (exact) mass is 979 g/mol. The van der Waals surface area contributed by atoms with Crippen LogP contribution < -0.4 is 0 Å². The van der Waals surface area contributed by atoms with Crippen molar-refractivity contribution in [1.82, 2.24) is 14.5 Å². The van der Waals surface area contributed by atoms with E-state index in [1.807, 2.05) is 24.4 Å². The van der Waals surface area contributed by atoms with Gasteiger partial charge in [0.05, 0.1) is 22.3 Å². The van der Waals surface area contributed by atoms with Crippen LogP contribution in [0.25, 0.3) is 72.7 Å². The Morgan fingerprint density at radius 3 is 2.00 bits per heavy atom. The van der Waals surface area contributed by atoms with Crippen molar-refractivity contribution in [2.45, 2.75) is 90.4 Å². The fraction of sp³-hybridized carbons (Fsp3) is 0.250. The molecule has 2 heterocycles. The van der Waals surface area contributed by atoms with Crippen molar-refractivity contribution in [3.05, 3.63) is 168 Å². The standard InChI is InChI=1S/C56H54N3O.Pt/c1-55(2,3)44-28-29-50(48(36-44)40-18-11-8-12-19-40)59-51-22-15-21-46(53(51)58-54(59)47-20-13-14-23-52(47)60)42-32-43(34-45(33-42)56(4,5)6)49-35-41(30-31-57-49)39-26-24-38(25-27-39)37-16-9-7-10-17-37;/h8,11-15,18-31,33-37,60H,7,9-10,16-17H2,1-6H3;/q-1;. The van der Waals surface area contributed by atoms with Crippen LogP contribution in [0.4, 0.5) is 0 Å². The van der Waals surface area contributed by atoms with E-state index < -0.39 is 0 Å². The summed E-state index contributed by atoms with van der Waals surface area (Å²) < 4.78 is 2.22. The Balaban J connectivity index is 0.00000514. The third-order valence-electron chi connectivity index (χ3n) is 12.4. The maximum Gasteiger partial charge on any atom is 0.148 e. The van der Waals surface area contributed by atoms with Crippen molar-refractivity contribution >= 4 is 11.0 Å². The van der Waals surface area contributed by atoms with Gasteiger partial charge in [0, 0.05) is 38.5 Å². The topological polar surface area (TPSA) is 50.9 Å². The second kappa shape index (κ2) is 17.1. The smallest absolute Gasteiger partial charge is 0.148 e. The summed E-state index contributed by atoms with van der Waals surface area (Å²) in [6.45, 7) is 13.5. The predicted molar refractivity (Wildman–Crippen MR) is 250 cm³/mol. The minimum atomic E-state index is -0.140. The molecular weight excluding hydrogens is 926 g/mol. The number of hydrogen-bond acceptors (Lipinski definition) is 3. The van der Waals surface area contributed by atoms with Crippen molar-refractivity contribution in [2.24, 2.45) is 0 Å². The van der Waals surface area contributed by atoms with Crippen LogP contribution in [0.1, 0.15) is 96.3 Å². The number of para-hydroxylation sites is 2. The predicted octanol–water partition coefficient (Wildman–Crippen LogP) is 14.9. The van der Waals surface area contributed by atoms with Crippen LogP contribution in [0, 0.1) is 6.07 Å². The number of benzene rings is 6. The van der Waals surface area contributed by atoms with Gasteiger partial charge in [-0.2, -0.15) is 0 Å². The van der Waals surface area contributed by atoms with Gasteiger partial charge in [0.1, 0.15) is 11.6 Å². The third-order valence-corrected chi connectivity index (χ3v) is 12.4. The molecule has 9 rings (SSSR count). The summed E-state index contributed by atoms with van der Waals surface area (Å²) in [6, 6.07) is 53.1. The van der Waals surface area contributed by atoms with Gasteiger partial charge in [-0.3, -0.25) is 9.55 Å². The molecule has 1 saturated carbocycles. The molecule has 0 amide bonds. The van der Waals surface area contributed by atoms with E-state index in [0.717, 1.165) is 55.8 Å². The number of rotatable bonds is 7. The van der Waals surface area contributed by atoms with Gasteiger partial charge in [0.25, 0.3) is 0 Å². The second-order valence-corrected chi connectivity index (χ2v) is 18.6. The molecule has 1 fully saturated rings. The van der Waals surface area contributed by atoms with Crippen LogP contribution in [-0.2, 0) is 31.9 Å². The quantitative estimate of drug-likeness (QED) is 0.162. The van der Waals surface area contributed by atoms with Crippen LogP contribution in [0.3, 0.4) is 0 Å². The minimum absolute atomic E-state index is 0. The summed E-state index contributed by atoms with van der Waals surface area (Å²) in [6.07, 6.45) is 8.55. The number of phenols is 1. The molecule has 0 unspecified atom stereocenters. The summed E-state index contributed by atoms with van der Waals surface area (Å²) in [5.74, 6) is 1.54. The van der Waals surface area contributed by atoms with E-state index >= 15 is 0 Å². The number of aromatic nitrogens is 3. The molecule has 0 atom stereocenters. The Morgan fingerprint density at radius 2 is 1.28 bits per heavy atom. The minimum Gasteiger partial charge on any atom is -0.507 e. The number of nitrogens with zero attached hydrogens (tertiary/aromatic N) is 3. The van der Waals surface area contributed by atoms with E-state index in [1.165, 1.54) is 54.4 Å². The SMILES string of the molecule is CC(C)(C)c1cc(-c2cc(-c3ccc(C4CCCCC4)cc3)ccn2)[c-]c(-c2cccc3c2nc(-c2ccccc2O)n3-c2ccc(C(C)(C)C)cc2-c2ccccc2)c1.[Pt]. The van der Waals surface area contributed by atoms with Crippen molar-refractivity contribution < 1.29 is 26.2 Å². The van der Waals surface area contributed by atoms with Gasteiger partial charge < -0.3 is 5.11 Å².